The highest BCUT2D eigenvalue weighted by Crippen LogP contribution is 2.24. The molecule has 1 aromatic rings. The Hall–Kier alpha value is -2.12. The molecule has 1 aromatic carbocycles. The number of halogens is 1. The first-order valence-corrected chi connectivity index (χ1v) is 13.1. The van der Waals surface area contributed by atoms with Crippen LogP contribution in [0.3, 0.4) is 0 Å². The zero-order chi connectivity index (χ0) is 27.1. The third kappa shape index (κ3) is 11.3. The molecule has 0 heterocycles. The Balaban J connectivity index is 1.97. The largest absolute Gasteiger partial charge is 0.446 e. The summed E-state index contributed by atoms with van der Waals surface area (Å²) in [6.07, 6.45) is -0.395. The van der Waals surface area contributed by atoms with Crippen LogP contribution in [0.15, 0.2) is 24.3 Å². The van der Waals surface area contributed by atoms with Gasteiger partial charge in [0.2, 0.25) is 0 Å². The van der Waals surface area contributed by atoms with E-state index in [0.29, 0.717) is 6.42 Å². The monoisotopic (exact) mass is 618 g/mol. The van der Waals surface area contributed by atoms with Gasteiger partial charge in [-0.15, -0.1) is 0 Å². The molecule has 3 atom stereocenters. The van der Waals surface area contributed by atoms with Gasteiger partial charge in [-0.2, -0.15) is 0 Å². The number of benzene rings is 1. The molecule has 2 rings (SSSR count). The van der Waals surface area contributed by atoms with Crippen LogP contribution in [0.1, 0.15) is 59.9 Å². The van der Waals surface area contributed by atoms with Crippen molar-refractivity contribution in [2.45, 2.75) is 90.7 Å². The Labute approximate surface area is 226 Å². The molecule has 5 N–H and O–H groups in total. The summed E-state index contributed by atoms with van der Waals surface area (Å²) in [7, 11) is 0. The number of carbonyl (C=O) groups excluding carboxylic acids is 3. The Kier molecular flexibility index (Phi) is 10.8. The fourth-order valence-electron chi connectivity index (χ4n) is 3.24. The van der Waals surface area contributed by atoms with Crippen LogP contribution in [0.4, 0.5) is 9.59 Å². The smallest absolute Gasteiger partial charge is 0.408 e. The zero-order valence-corrected chi connectivity index (χ0v) is 24.0. The third-order valence-electron chi connectivity index (χ3n) is 5.25. The number of hydrazine groups is 1. The van der Waals surface area contributed by atoms with E-state index in [1.54, 1.807) is 20.8 Å². The van der Waals surface area contributed by atoms with Crippen LogP contribution in [0.5, 0.6) is 0 Å². The lowest BCUT2D eigenvalue weighted by Gasteiger charge is -2.30. The Morgan fingerprint density at radius 1 is 1.03 bits per heavy atom. The van der Waals surface area contributed by atoms with Gasteiger partial charge in [-0.05, 0) is 85.7 Å². The molecule has 1 saturated carbocycles. The van der Waals surface area contributed by atoms with Gasteiger partial charge in [0.05, 0.1) is 12.1 Å². The number of amides is 3. The standard InChI is InChI=1S/C25H39IN4O6/c1-24(2,3)20(29-22(33)35-17-11-12-17)21(32)30-27-14-19(31)18(28-23(34)36-25(4,5)6)13-15-7-9-16(26)10-8-15/h7-10,17-20,27,31H,11-14H2,1-6H3,(H,28,34)(H,29,33)(H,30,32)/t18-,19-,20+/m0/s1. The van der Waals surface area contributed by atoms with E-state index in [1.165, 1.54) is 0 Å². The number of aliphatic hydroxyl groups excluding tert-OH is 1. The number of alkyl carbamates (subject to hydrolysis) is 2. The summed E-state index contributed by atoms with van der Waals surface area (Å²) in [5.74, 6) is -0.475. The molecule has 0 radical (unpaired) electrons. The minimum Gasteiger partial charge on any atom is -0.446 e. The molecular weight excluding hydrogens is 579 g/mol. The molecule has 0 bridgehead atoms. The van der Waals surface area contributed by atoms with Crippen LogP contribution >= 0.6 is 22.6 Å². The van der Waals surface area contributed by atoms with Gasteiger partial charge in [0.1, 0.15) is 17.7 Å². The van der Waals surface area contributed by atoms with Gasteiger partial charge in [-0.1, -0.05) is 32.9 Å². The van der Waals surface area contributed by atoms with Gasteiger partial charge in [0.25, 0.3) is 5.91 Å². The topological polar surface area (TPSA) is 138 Å². The maximum atomic E-state index is 12.8. The maximum Gasteiger partial charge on any atom is 0.408 e. The van der Waals surface area contributed by atoms with Crippen molar-refractivity contribution in [2.24, 2.45) is 5.41 Å². The molecule has 1 aliphatic carbocycles. The average Bonchev–Trinajstić information content (AvgIpc) is 3.54. The van der Waals surface area contributed by atoms with Gasteiger partial charge in [-0.3, -0.25) is 10.2 Å². The van der Waals surface area contributed by atoms with Crippen molar-refractivity contribution in [1.29, 1.82) is 0 Å². The van der Waals surface area contributed by atoms with Gasteiger partial charge >= 0.3 is 12.2 Å². The fraction of sp³-hybridized carbons (Fsp3) is 0.640. The second kappa shape index (κ2) is 12.9. The molecule has 36 heavy (non-hydrogen) atoms. The highest BCUT2D eigenvalue weighted by molar-refractivity contribution is 14.1. The van der Waals surface area contributed by atoms with Gasteiger partial charge in [0.15, 0.2) is 0 Å². The first kappa shape index (κ1) is 30.1. The lowest BCUT2D eigenvalue weighted by Crippen LogP contribution is -2.58. The normalized spacial score (nSPS) is 16.3. The minimum atomic E-state index is -1.06. The number of ether oxygens (including phenoxy) is 2. The summed E-state index contributed by atoms with van der Waals surface area (Å²) in [6.45, 7) is 10.7. The van der Waals surface area contributed by atoms with Crippen molar-refractivity contribution in [2.75, 3.05) is 6.54 Å². The minimum absolute atomic E-state index is 0.0556. The molecule has 0 aliphatic heterocycles. The van der Waals surface area contributed by atoms with Crippen molar-refractivity contribution in [1.82, 2.24) is 21.5 Å². The van der Waals surface area contributed by atoms with Gasteiger partial charge < -0.3 is 25.2 Å². The van der Waals surface area contributed by atoms with Crippen molar-refractivity contribution >= 4 is 40.7 Å². The van der Waals surface area contributed by atoms with E-state index in [2.05, 4.69) is 44.1 Å². The Morgan fingerprint density at radius 3 is 2.17 bits per heavy atom. The molecule has 0 aromatic heterocycles. The van der Waals surface area contributed by atoms with Crippen molar-refractivity contribution in [3.63, 3.8) is 0 Å². The Morgan fingerprint density at radius 2 is 1.64 bits per heavy atom. The first-order chi connectivity index (χ1) is 16.6. The van der Waals surface area contributed by atoms with Crippen LogP contribution in [-0.2, 0) is 20.7 Å². The van der Waals surface area contributed by atoms with E-state index in [0.717, 1.165) is 22.0 Å². The highest BCUT2D eigenvalue weighted by Gasteiger charge is 2.35. The number of hydrogen-bond acceptors (Lipinski definition) is 7. The molecule has 10 nitrogen and oxygen atoms in total. The second-order valence-corrected chi connectivity index (χ2v) is 12.3. The van der Waals surface area contributed by atoms with E-state index in [9.17, 15) is 19.5 Å². The second-order valence-electron chi connectivity index (χ2n) is 11.1. The molecule has 202 valence electrons. The number of carbonyl (C=O) groups is 3. The van der Waals surface area contributed by atoms with Crippen molar-refractivity contribution in [3.05, 3.63) is 33.4 Å². The lowest BCUT2D eigenvalue weighted by atomic mass is 9.86. The first-order valence-electron chi connectivity index (χ1n) is 12.1. The quantitative estimate of drug-likeness (QED) is 0.201. The molecule has 3 amide bonds. The third-order valence-corrected chi connectivity index (χ3v) is 5.97. The van der Waals surface area contributed by atoms with Gasteiger partial charge in [0, 0.05) is 10.1 Å². The SMILES string of the molecule is CC(C)(C)OC(=O)N[C@@H](Cc1ccc(I)cc1)[C@@H](O)CNNC(=O)[C@@H](NC(=O)OC1CC1)C(C)(C)C. The molecule has 11 heteroatoms. The molecular formula is C25H39IN4O6. The van der Waals surface area contributed by atoms with Gasteiger partial charge in [-0.25, -0.2) is 15.0 Å². The number of aliphatic hydroxyl groups is 1. The molecule has 0 unspecified atom stereocenters. The summed E-state index contributed by atoms with van der Waals surface area (Å²) in [5.41, 5.74) is 4.92. The maximum absolute atomic E-state index is 12.8. The van der Waals surface area contributed by atoms with Crippen LogP contribution in [-0.4, -0.2) is 59.6 Å². The number of nitrogens with one attached hydrogen (secondary N) is 4. The predicted molar refractivity (Wildman–Crippen MR) is 144 cm³/mol. The van der Waals surface area contributed by atoms with E-state index in [4.69, 9.17) is 9.47 Å². The van der Waals surface area contributed by atoms with E-state index in [1.807, 2.05) is 45.0 Å². The van der Waals surface area contributed by atoms with E-state index >= 15 is 0 Å². The summed E-state index contributed by atoms with van der Waals surface area (Å²) in [6, 6.07) is 6.19. The molecule has 1 aliphatic rings. The summed E-state index contributed by atoms with van der Waals surface area (Å²) < 4.78 is 11.6. The highest BCUT2D eigenvalue weighted by atomic mass is 127. The van der Waals surface area contributed by atoms with Crippen molar-refractivity contribution < 1.29 is 29.0 Å². The molecule has 0 saturated heterocycles. The average molecular weight is 619 g/mol. The zero-order valence-electron chi connectivity index (χ0n) is 21.8. The number of hydrogen-bond donors (Lipinski definition) is 5. The van der Waals surface area contributed by atoms with E-state index in [-0.39, 0.29) is 12.6 Å². The van der Waals surface area contributed by atoms with Crippen molar-refractivity contribution in [3.8, 4) is 0 Å². The molecule has 1 fully saturated rings. The lowest BCUT2D eigenvalue weighted by molar-refractivity contribution is -0.126. The Bertz CT molecular complexity index is 893. The van der Waals surface area contributed by atoms with Crippen LogP contribution in [0, 0.1) is 8.99 Å². The summed E-state index contributed by atoms with van der Waals surface area (Å²) in [5, 5.41) is 16.2. The van der Waals surface area contributed by atoms with Crippen LogP contribution in [0.25, 0.3) is 0 Å². The van der Waals surface area contributed by atoms with Crippen LogP contribution in [0.2, 0.25) is 0 Å². The summed E-state index contributed by atoms with van der Waals surface area (Å²) in [4.78, 5) is 37.3. The predicted octanol–water partition coefficient (Wildman–Crippen LogP) is 3.01. The number of rotatable bonds is 10. The molecule has 0 spiro atoms. The van der Waals surface area contributed by atoms with Crippen LogP contribution < -0.4 is 21.5 Å². The fourth-order valence-corrected chi connectivity index (χ4v) is 3.60. The summed E-state index contributed by atoms with van der Waals surface area (Å²) >= 11 is 2.21. The van der Waals surface area contributed by atoms with E-state index < -0.39 is 47.3 Å².